The summed E-state index contributed by atoms with van der Waals surface area (Å²) in [6.45, 7) is 3.83. The smallest absolute Gasteiger partial charge is 0.271 e. The lowest BCUT2D eigenvalue weighted by Gasteiger charge is -2.16. The maximum atomic E-state index is 13.3. The van der Waals surface area contributed by atoms with Gasteiger partial charge in [-0.2, -0.15) is 0 Å². The van der Waals surface area contributed by atoms with Gasteiger partial charge in [0.25, 0.3) is 5.91 Å². The fraction of sp³-hybridized carbons (Fsp3) is 0.0833. The van der Waals surface area contributed by atoms with Crippen LogP contribution in [0, 0.1) is 13.8 Å². The van der Waals surface area contributed by atoms with Crippen LogP contribution >= 0.6 is 35.0 Å². The van der Waals surface area contributed by atoms with Gasteiger partial charge in [-0.25, -0.2) is 4.99 Å². The minimum absolute atomic E-state index is 0.168. The molecule has 0 aliphatic carbocycles. The van der Waals surface area contributed by atoms with Gasteiger partial charge >= 0.3 is 0 Å². The molecule has 3 aromatic rings. The number of phenols is 1. The Morgan fingerprint density at radius 3 is 2.23 bits per heavy atom. The number of halogens is 2. The molecule has 1 aliphatic heterocycles. The second-order valence-corrected chi connectivity index (χ2v) is 8.93. The number of thioether (sulfide) groups is 1. The van der Waals surface area contributed by atoms with Crippen molar-refractivity contribution in [1.29, 1.82) is 0 Å². The van der Waals surface area contributed by atoms with Gasteiger partial charge in [-0.05, 0) is 84.8 Å². The van der Waals surface area contributed by atoms with Crippen LogP contribution in [0.5, 0.6) is 5.75 Å². The Bertz CT molecular complexity index is 1240. The summed E-state index contributed by atoms with van der Waals surface area (Å²) in [6, 6.07) is 17.7. The Labute approximate surface area is 194 Å². The summed E-state index contributed by atoms with van der Waals surface area (Å²) in [7, 11) is 0. The highest BCUT2D eigenvalue weighted by molar-refractivity contribution is 8.19. The van der Waals surface area contributed by atoms with Crippen LogP contribution in [0.25, 0.3) is 6.08 Å². The van der Waals surface area contributed by atoms with E-state index >= 15 is 0 Å². The molecule has 1 aliphatic rings. The van der Waals surface area contributed by atoms with Crippen molar-refractivity contribution in [2.75, 3.05) is 4.90 Å². The molecule has 0 unspecified atom stereocenters. The fourth-order valence-electron chi connectivity index (χ4n) is 2.98. The zero-order valence-electron chi connectivity index (χ0n) is 16.8. The van der Waals surface area contributed by atoms with Gasteiger partial charge < -0.3 is 5.11 Å². The summed E-state index contributed by atoms with van der Waals surface area (Å²) in [5.41, 5.74) is 3.97. The molecular formula is C24H18Cl2N2O2S. The SMILES string of the molecule is Cc1ccc(N=C2S/C(=C/c3ccc(O)cc3)C(=O)N2c2ccc(C)c(Cl)c2)cc1Cl. The second-order valence-electron chi connectivity index (χ2n) is 7.10. The van der Waals surface area contributed by atoms with E-state index in [9.17, 15) is 9.90 Å². The average molecular weight is 469 g/mol. The number of carbonyl (C=O) groups excluding carboxylic acids is 1. The largest absolute Gasteiger partial charge is 0.508 e. The molecule has 0 bridgehead atoms. The number of rotatable bonds is 3. The summed E-state index contributed by atoms with van der Waals surface area (Å²) < 4.78 is 0. The summed E-state index contributed by atoms with van der Waals surface area (Å²) in [4.78, 5) is 20.1. The van der Waals surface area contributed by atoms with E-state index < -0.39 is 0 Å². The number of nitrogens with zero attached hydrogens (tertiary/aromatic N) is 2. The lowest BCUT2D eigenvalue weighted by Crippen LogP contribution is -2.28. The molecule has 0 atom stereocenters. The molecule has 1 heterocycles. The van der Waals surface area contributed by atoms with Crippen molar-refractivity contribution in [3.63, 3.8) is 0 Å². The number of aryl methyl sites for hydroxylation is 2. The first-order chi connectivity index (χ1) is 14.8. The highest BCUT2D eigenvalue weighted by Crippen LogP contribution is 2.39. The molecule has 7 heteroatoms. The molecule has 156 valence electrons. The highest BCUT2D eigenvalue weighted by Gasteiger charge is 2.35. The first kappa shape index (κ1) is 21.5. The summed E-state index contributed by atoms with van der Waals surface area (Å²) in [5.74, 6) is -0.0306. The average Bonchev–Trinajstić information content (AvgIpc) is 3.03. The van der Waals surface area contributed by atoms with Crippen molar-refractivity contribution >= 4 is 63.5 Å². The van der Waals surface area contributed by atoms with E-state index in [4.69, 9.17) is 28.2 Å². The maximum absolute atomic E-state index is 13.3. The molecule has 31 heavy (non-hydrogen) atoms. The van der Waals surface area contributed by atoms with Crippen molar-refractivity contribution in [2.45, 2.75) is 13.8 Å². The minimum atomic E-state index is -0.199. The quantitative estimate of drug-likeness (QED) is 0.416. The zero-order chi connectivity index (χ0) is 22.1. The monoisotopic (exact) mass is 468 g/mol. The van der Waals surface area contributed by atoms with Crippen molar-refractivity contribution in [1.82, 2.24) is 0 Å². The van der Waals surface area contributed by atoms with Crippen molar-refractivity contribution in [3.05, 3.63) is 92.3 Å². The molecule has 0 spiro atoms. The molecular weight excluding hydrogens is 451 g/mol. The molecule has 1 amide bonds. The molecule has 4 nitrogen and oxygen atoms in total. The molecule has 0 radical (unpaired) electrons. The van der Waals surface area contributed by atoms with Crippen LogP contribution < -0.4 is 4.90 Å². The number of aromatic hydroxyl groups is 1. The van der Waals surface area contributed by atoms with Gasteiger partial charge in [0.2, 0.25) is 0 Å². The third-order valence-electron chi connectivity index (χ3n) is 4.79. The normalized spacial score (nSPS) is 16.5. The Morgan fingerprint density at radius 2 is 1.58 bits per heavy atom. The summed E-state index contributed by atoms with van der Waals surface area (Å²) in [5, 5.41) is 11.2. The lowest BCUT2D eigenvalue weighted by atomic mass is 10.2. The number of amides is 1. The number of amidine groups is 1. The number of hydrogen-bond donors (Lipinski definition) is 1. The molecule has 3 aromatic carbocycles. The molecule has 1 saturated heterocycles. The first-order valence-corrected chi connectivity index (χ1v) is 11.0. The lowest BCUT2D eigenvalue weighted by molar-refractivity contribution is -0.113. The molecule has 1 fully saturated rings. The Kier molecular flexibility index (Phi) is 6.10. The minimum Gasteiger partial charge on any atom is -0.508 e. The van der Waals surface area contributed by atoms with Crippen molar-refractivity contribution < 1.29 is 9.90 Å². The van der Waals surface area contributed by atoms with Gasteiger partial charge in [-0.1, -0.05) is 47.5 Å². The number of benzene rings is 3. The molecule has 4 rings (SSSR count). The third-order valence-corrected chi connectivity index (χ3v) is 6.57. The maximum Gasteiger partial charge on any atom is 0.271 e. The van der Waals surface area contributed by atoms with Crippen LogP contribution in [0.3, 0.4) is 0 Å². The van der Waals surface area contributed by atoms with E-state index in [1.807, 2.05) is 38.1 Å². The van der Waals surface area contributed by atoms with E-state index in [1.165, 1.54) is 11.8 Å². The van der Waals surface area contributed by atoms with Crippen LogP contribution in [0.1, 0.15) is 16.7 Å². The second kappa shape index (κ2) is 8.79. The van der Waals surface area contributed by atoms with E-state index in [-0.39, 0.29) is 11.7 Å². The van der Waals surface area contributed by atoms with E-state index in [0.29, 0.717) is 31.5 Å². The first-order valence-electron chi connectivity index (χ1n) is 9.46. The van der Waals surface area contributed by atoms with Crippen LogP contribution in [0.4, 0.5) is 11.4 Å². The van der Waals surface area contributed by atoms with Gasteiger partial charge in [0.1, 0.15) is 5.75 Å². The molecule has 0 aromatic heterocycles. The van der Waals surface area contributed by atoms with Gasteiger partial charge in [-0.15, -0.1) is 0 Å². The van der Waals surface area contributed by atoms with Gasteiger partial charge in [0, 0.05) is 10.0 Å². The van der Waals surface area contributed by atoms with E-state index in [2.05, 4.69) is 0 Å². The van der Waals surface area contributed by atoms with Crippen molar-refractivity contribution in [2.24, 2.45) is 4.99 Å². The predicted molar refractivity (Wildman–Crippen MR) is 131 cm³/mol. The van der Waals surface area contributed by atoms with Gasteiger partial charge in [0.05, 0.1) is 16.3 Å². The van der Waals surface area contributed by atoms with Crippen LogP contribution in [-0.4, -0.2) is 16.2 Å². The number of aliphatic imine (C=N–C) groups is 1. The number of hydrogen-bond acceptors (Lipinski definition) is 4. The summed E-state index contributed by atoms with van der Waals surface area (Å²) >= 11 is 13.9. The molecule has 0 saturated carbocycles. The number of carbonyl (C=O) groups is 1. The van der Waals surface area contributed by atoms with Gasteiger partial charge in [0.15, 0.2) is 5.17 Å². The van der Waals surface area contributed by atoms with Crippen LogP contribution in [-0.2, 0) is 4.79 Å². The fourth-order valence-corrected chi connectivity index (χ4v) is 4.33. The standard InChI is InChI=1S/C24H18Cl2N2O2S/c1-14-3-7-17(12-20(14)25)27-24-28(18-8-4-15(2)21(26)13-18)23(30)22(31-24)11-16-5-9-19(29)10-6-16/h3-13,29H,1-2H3/b22-11+,27-24?. The van der Waals surface area contributed by atoms with Crippen LogP contribution in [0.2, 0.25) is 10.0 Å². The third kappa shape index (κ3) is 4.64. The zero-order valence-corrected chi connectivity index (χ0v) is 19.1. The number of phenolic OH excluding ortho intramolecular Hbond substituents is 1. The predicted octanol–water partition coefficient (Wildman–Crippen LogP) is 7.12. The highest BCUT2D eigenvalue weighted by atomic mass is 35.5. The number of anilines is 1. The van der Waals surface area contributed by atoms with E-state index in [0.717, 1.165) is 16.7 Å². The Balaban J connectivity index is 1.80. The summed E-state index contributed by atoms with van der Waals surface area (Å²) in [6.07, 6.45) is 1.78. The Hall–Kier alpha value is -2.73. The molecule has 1 N–H and O–H groups in total. The van der Waals surface area contributed by atoms with Crippen LogP contribution in [0.15, 0.2) is 70.6 Å². The Morgan fingerprint density at radius 1 is 0.935 bits per heavy atom. The van der Waals surface area contributed by atoms with Gasteiger partial charge in [-0.3, -0.25) is 9.69 Å². The topological polar surface area (TPSA) is 52.9 Å². The van der Waals surface area contributed by atoms with Crippen molar-refractivity contribution in [3.8, 4) is 5.75 Å². The van der Waals surface area contributed by atoms with E-state index in [1.54, 1.807) is 47.4 Å².